The third kappa shape index (κ3) is 3.77. The number of benzene rings is 1. The Balaban J connectivity index is 1.73. The van der Waals surface area contributed by atoms with E-state index < -0.39 is 34.3 Å². The van der Waals surface area contributed by atoms with Crippen molar-refractivity contribution in [2.75, 3.05) is 5.32 Å². The van der Waals surface area contributed by atoms with Crippen LogP contribution in [0.2, 0.25) is 0 Å². The summed E-state index contributed by atoms with van der Waals surface area (Å²) in [6.07, 6.45) is 3.31. The van der Waals surface area contributed by atoms with E-state index in [9.17, 15) is 22.8 Å². The van der Waals surface area contributed by atoms with Gasteiger partial charge in [-0.2, -0.15) is 0 Å². The lowest BCUT2D eigenvalue weighted by Crippen LogP contribution is -2.25. The van der Waals surface area contributed by atoms with Crippen LogP contribution in [-0.4, -0.2) is 21.1 Å². The Hall–Kier alpha value is -2.29. The Bertz CT molecular complexity index is 917. The summed E-state index contributed by atoms with van der Waals surface area (Å²) in [5.41, 5.74) is 0.757. The van der Waals surface area contributed by atoms with Crippen LogP contribution < -0.4 is 10.9 Å². The fraction of sp³-hybridized carbons (Fsp3) is 0.353. The van der Waals surface area contributed by atoms with Crippen molar-refractivity contribution in [1.29, 1.82) is 0 Å². The van der Waals surface area contributed by atoms with E-state index in [-0.39, 0.29) is 5.56 Å². The SMILES string of the molecule is CC(Sc1nc2c(c(=O)[nH]1)CCCC2)C(=O)Nc1ccc(F)c(F)c1F. The number of hydrogen-bond donors (Lipinski definition) is 2. The quantitative estimate of drug-likeness (QED) is 0.483. The molecule has 0 saturated heterocycles. The lowest BCUT2D eigenvalue weighted by atomic mass is 9.97. The van der Waals surface area contributed by atoms with Gasteiger partial charge in [-0.25, -0.2) is 18.2 Å². The number of nitrogens with one attached hydrogen (secondary N) is 2. The van der Waals surface area contributed by atoms with Gasteiger partial charge >= 0.3 is 0 Å². The van der Waals surface area contributed by atoms with Crippen molar-refractivity contribution in [1.82, 2.24) is 9.97 Å². The van der Waals surface area contributed by atoms with Crippen molar-refractivity contribution in [3.63, 3.8) is 0 Å². The summed E-state index contributed by atoms with van der Waals surface area (Å²) < 4.78 is 39.8. The number of carbonyl (C=O) groups is 1. The second kappa shape index (κ2) is 7.53. The van der Waals surface area contributed by atoms with Crippen molar-refractivity contribution in [3.8, 4) is 0 Å². The largest absolute Gasteiger partial charge is 0.323 e. The van der Waals surface area contributed by atoms with Crippen LogP contribution in [-0.2, 0) is 17.6 Å². The molecule has 1 atom stereocenters. The van der Waals surface area contributed by atoms with Crippen LogP contribution in [0.3, 0.4) is 0 Å². The van der Waals surface area contributed by atoms with Gasteiger partial charge in [-0.15, -0.1) is 0 Å². The lowest BCUT2D eigenvalue weighted by molar-refractivity contribution is -0.115. The van der Waals surface area contributed by atoms with Gasteiger partial charge in [0.25, 0.3) is 5.56 Å². The molecule has 1 amide bonds. The second-order valence-corrected chi connectivity index (χ2v) is 7.31. The maximum Gasteiger partial charge on any atom is 0.254 e. The Morgan fingerprint density at radius 3 is 2.73 bits per heavy atom. The first-order chi connectivity index (χ1) is 12.4. The van der Waals surface area contributed by atoms with E-state index >= 15 is 0 Å². The van der Waals surface area contributed by atoms with Gasteiger partial charge in [0.15, 0.2) is 22.6 Å². The fourth-order valence-corrected chi connectivity index (χ4v) is 3.53. The van der Waals surface area contributed by atoms with E-state index in [1.807, 2.05) is 0 Å². The number of amides is 1. The molecule has 9 heteroatoms. The Morgan fingerprint density at radius 1 is 1.23 bits per heavy atom. The maximum atomic E-state index is 13.7. The molecule has 1 aliphatic carbocycles. The normalized spacial score (nSPS) is 14.6. The highest BCUT2D eigenvalue weighted by Crippen LogP contribution is 2.25. The molecule has 138 valence electrons. The number of hydrogen-bond acceptors (Lipinski definition) is 4. The molecular formula is C17H16F3N3O2S. The van der Waals surface area contributed by atoms with E-state index in [0.29, 0.717) is 23.6 Å². The minimum absolute atomic E-state index is 0.212. The van der Waals surface area contributed by atoms with Gasteiger partial charge in [-0.3, -0.25) is 9.59 Å². The van der Waals surface area contributed by atoms with Crippen LogP contribution in [0.25, 0.3) is 0 Å². The van der Waals surface area contributed by atoms with E-state index in [1.54, 1.807) is 0 Å². The highest BCUT2D eigenvalue weighted by atomic mass is 32.2. The molecule has 26 heavy (non-hydrogen) atoms. The molecule has 0 aliphatic heterocycles. The van der Waals surface area contributed by atoms with Gasteiger partial charge in [-0.05, 0) is 44.7 Å². The molecule has 3 rings (SSSR count). The van der Waals surface area contributed by atoms with Crippen molar-refractivity contribution < 1.29 is 18.0 Å². The number of nitrogens with zero attached hydrogens (tertiary/aromatic N) is 1. The summed E-state index contributed by atoms with van der Waals surface area (Å²) in [6.45, 7) is 1.54. The molecule has 0 saturated carbocycles. The molecule has 0 bridgehead atoms. The number of aryl methyl sites for hydroxylation is 1. The Kier molecular flexibility index (Phi) is 5.36. The number of aromatic nitrogens is 2. The average molecular weight is 383 g/mol. The van der Waals surface area contributed by atoms with E-state index in [1.165, 1.54) is 6.92 Å². The number of anilines is 1. The fourth-order valence-electron chi connectivity index (χ4n) is 2.71. The van der Waals surface area contributed by atoms with Gasteiger partial charge < -0.3 is 10.3 Å². The van der Waals surface area contributed by atoms with Gasteiger partial charge in [0, 0.05) is 5.56 Å². The first-order valence-electron chi connectivity index (χ1n) is 8.10. The highest BCUT2D eigenvalue weighted by molar-refractivity contribution is 8.00. The summed E-state index contributed by atoms with van der Waals surface area (Å²) in [5.74, 6) is -5.07. The van der Waals surface area contributed by atoms with Crippen molar-refractivity contribution in [2.45, 2.75) is 43.0 Å². The summed E-state index contributed by atoms with van der Waals surface area (Å²) in [6, 6.07) is 1.68. The van der Waals surface area contributed by atoms with Crippen molar-refractivity contribution >= 4 is 23.4 Å². The molecule has 0 fully saturated rings. The zero-order valence-corrected chi connectivity index (χ0v) is 14.7. The van der Waals surface area contributed by atoms with Crippen molar-refractivity contribution in [2.24, 2.45) is 0 Å². The molecule has 1 aromatic carbocycles. The zero-order valence-electron chi connectivity index (χ0n) is 13.9. The Morgan fingerprint density at radius 2 is 1.96 bits per heavy atom. The van der Waals surface area contributed by atoms with Gasteiger partial charge in [-0.1, -0.05) is 11.8 Å². The van der Waals surface area contributed by atoms with Crippen LogP contribution in [0, 0.1) is 17.5 Å². The highest BCUT2D eigenvalue weighted by Gasteiger charge is 2.22. The molecule has 1 unspecified atom stereocenters. The third-order valence-electron chi connectivity index (χ3n) is 4.12. The first kappa shape index (κ1) is 18.5. The second-order valence-electron chi connectivity index (χ2n) is 5.98. The monoisotopic (exact) mass is 383 g/mol. The summed E-state index contributed by atoms with van der Waals surface area (Å²) in [4.78, 5) is 31.3. The molecule has 1 aromatic heterocycles. The van der Waals surface area contributed by atoms with Crippen LogP contribution in [0.4, 0.5) is 18.9 Å². The van der Waals surface area contributed by atoms with E-state index in [2.05, 4.69) is 15.3 Å². The Labute approximate surface area is 151 Å². The number of aromatic amines is 1. The number of fused-ring (bicyclic) bond motifs is 1. The molecule has 2 N–H and O–H groups in total. The molecule has 1 aliphatic rings. The predicted molar refractivity (Wildman–Crippen MR) is 91.8 cm³/mol. The number of H-pyrrole nitrogens is 1. The maximum absolute atomic E-state index is 13.7. The topological polar surface area (TPSA) is 74.8 Å². The summed E-state index contributed by atoms with van der Waals surface area (Å²) in [5, 5.41) is 1.77. The summed E-state index contributed by atoms with van der Waals surface area (Å²) in [7, 11) is 0. The number of thioether (sulfide) groups is 1. The lowest BCUT2D eigenvalue weighted by Gasteiger charge is -2.16. The number of halogens is 3. The molecule has 0 radical (unpaired) electrons. The van der Waals surface area contributed by atoms with Gasteiger partial charge in [0.05, 0.1) is 16.6 Å². The zero-order chi connectivity index (χ0) is 18.8. The average Bonchev–Trinajstić information content (AvgIpc) is 2.62. The molecule has 0 spiro atoms. The predicted octanol–water partition coefficient (Wildman–Crippen LogP) is 3.19. The van der Waals surface area contributed by atoms with Crippen LogP contribution in [0.5, 0.6) is 0 Å². The standard InChI is InChI=1S/C17H16F3N3O2S/c1-8(15(24)21-12-7-6-10(18)13(19)14(12)20)26-17-22-11-5-3-2-4-9(11)16(25)23-17/h6-8H,2-5H2,1H3,(H,21,24)(H,22,23,25). The van der Waals surface area contributed by atoms with E-state index in [4.69, 9.17) is 0 Å². The minimum atomic E-state index is -1.65. The molecule has 1 heterocycles. The molecular weight excluding hydrogens is 367 g/mol. The third-order valence-corrected chi connectivity index (χ3v) is 5.10. The smallest absolute Gasteiger partial charge is 0.254 e. The van der Waals surface area contributed by atoms with Gasteiger partial charge in [0.2, 0.25) is 5.91 Å². The molecule has 2 aromatic rings. The summed E-state index contributed by atoms with van der Waals surface area (Å²) >= 11 is 1.00. The van der Waals surface area contributed by atoms with Crippen LogP contribution in [0.1, 0.15) is 31.0 Å². The first-order valence-corrected chi connectivity index (χ1v) is 8.98. The number of carbonyl (C=O) groups excluding carboxylic acids is 1. The van der Waals surface area contributed by atoms with Gasteiger partial charge in [0.1, 0.15) is 0 Å². The molecule has 5 nitrogen and oxygen atoms in total. The minimum Gasteiger partial charge on any atom is -0.323 e. The van der Waals surface area contributed by atoms with E-state index in [0.717, 1.165) is 42.4 Å². The van der Waals surface area contributed by atoms with Crippen LogP contribution >= 0.6 is 11.8 Å². The number of rotatable bonds is 4. The van der Waals surface area contributed by atoms with Crippen molar-refractivity contribution in [3.05, 3.63) is 51.2 Å². The van der Waals surface area contributed by atoms with Crippen LogP contribution in [0.15, 0.2) is 22.1 Å².